The van der Waals surface area contributed by atoms with Crippen molar-refractivity contribution in [2.45, 2.75) is 20.5 Å². The number of aromatic hydroxyl groups is 1. The van der Waals surface area contributed by atoms with Gasteiger partial charge in [-0.15, -0.1) is 0 Å². The van der Waals surface area contributed by atoms with E-state index in [-0.39, 0.29) is 18.3 Å². The normalized spacial score (nSPS) is 9.69. The minimum absolute atomic E-state index is 0.256. The van der Waals surface area contributed by atoms with Gasteiger partial charge in [0, 0.05) is 6.92 Å². The van der Waals surface area contributed by atoms with Crippen LogP contribution < -0.4 is 0 Å². The summed E-state index contributed by atoms with van der Waals surface area (Å²) in [5, 5.41) is 9.21. The SMILES string of the molecule is CC(=O)OCc1ccc(O)c(C)c1. The number of hydrogen-bond donors (Lipinski definition) is 1. The minimum Gasteiger partial charge on any atom is -0.508 e. The van der Waals surface area contributed by atoms with E-state index in [4.69, 9.17) is 4.74 Å². The highest BCUT2D eigenvalue weighted by Crippen LogP contribution is 2.17. The number of ether oxygens (including phenoxy) is 1. The van der Waals surface area contributed by atoms with Gasteiger partial charge in [0.2, 0.25) is 0 Å². The summed E-state index contributed by atoms with van der Waals surface area (Å²) in [4.78, 5) is 10.5. The monoisotopic (exact) mass is 180 g/mol. The lowest BCUT2D eigenvalue weighted by atomic mass is 10.1. The Morgan fingerprint density at radius 1 is 1.54 bits per heavy atom. The molecule has 0 saturated carbocycles. The molecule has 0 spiro atoms. The van der Waals surface area contributed by atoms with Crippen LogP contribution in [0.15, 0.2) is 18.2 Å². The molecule has 13 heavy (non-hydrogen) atoms. The van der Waals surface area contributed by atoms with Crippen LogP contribution in [-0.4, -0.2) is 11.1 Å². The van der Waals surface area contributed by atoms with Crippen molar-refractivity contribution >= 4 is 5.97 Å². The Kier molecular flexibility index (Phi) is 2.90. The van der Waals surface area contributed by atoms with Gasteiger partial charge in [-0.3, -0.25) is 4.79 Å². The summed E-state index contributed by atoms with van der Waals surface area (Å²) in [5.41, 5.74) is 1.66. The van der Waals surface area contributed by atoms with E-state index in [2.05, 4.69) is 0 Å². The molecule has 1 rings (SSSR count). The van der Waals surface area contributed by atoms with E-state index < -0.39 is 0 Å². The van der Waals surface area contributed by atoms with Crippen LogP contribution in [0.3, 0.4) is 0 Å². The van der Waals surface area contributed by atoms with Crippen molar-refractivity contribution in [1.82, 2.24) is 0 Å². The first-order valence-corrected chi connectivity index (χ1v) is 4.01. The van der Waals surface area contributed by atoms with Crippen molar-refractivity contribution in [3.8, 4) is 5.75 Å². The van der Waals surface area contributed by atoms with E-state index in [1.807, 2.05) is 0 Å². The van der Waals surface area contributed by atoms with Crippen molar-refractivity contribution in [3.63, 3.8) is 0 Å². The summed E-state index contributed by atoms with van der Waals surface area (Å²) >= 11 is 0. The number of phenolic OH excluding ortho intramolecular Hbond substituents is 1. The Morgan fingerprint density at radius 3 is 2.77 bits per heavy atom. The second kappa shape index (κ2) is 3.94. The molecule has 0 saturated heterocycles. The highest BCUT2D eigenvalue weighted by molar-refractivity contribution is 5.65. The van der Waals surface area contributed by atoms with Gasteiger partial charge in [0.1, 0.15) is 12.4 Å². The molecule has 0 aliphatic carbocycles. The molecule has 1 N–H and O–H groups in total. The topological polar surface area (TPSA) is 46.5 Å². The van der Waals surface area contributed by atoms with Crippen molar-refractivity contribution in [1.29, 1.82) is 0 Å². The third-order valence-corrected chi connectivity index (χ3v) is 1.70. The average molecular weight is 180 g/mol. The van der Waals surface area contributed by atoms with Crippen LogP contribution in [-0.2, 0) is 16.1 Å². The summed E-state index contributed by atoms with van der Waals surface area (Å²) < 4.78 is 4.80. The van der Waals surface area contributed by atoms with Gasteiger partial charge in [0.05, 0.1) is 0 Å². The standard InChI is InChI=1S/C10H12O3/c1-7-5-9(3-4-10(7)12)6-13-8(2)11/h3-5,12H,6H2,1-2H3. The maximum absolute atomic E-state index is 10.5. The van der Waals surface area contributed by atoms with E-state index >= 15 is 0 Å². The molecule has 1 aromatic carbocycles. The number of hydrogen-bond acceptors (Lipinski definition) is 3. The molecule has 0 unspecified atom stereocenters. The first kappa shape index (κ1) is 9.58. The van der Waals surface area contributed by atoms with Crippen molar-refractivity contribution in [2.24, 2.45) is 0 Å². The number of phenols is 1. The van der Waals surface area contributed by atoms with Gasteiger partial charge in [0.15, 0.2) is 0 Å². The largest absolute Gasteiger partial charge is 0.508 e. The summed E-state index contributed by atoms with van der Waals surface area (Å²) in [6, 6.07) is 5.11. The molecule has 1 aromatic rings. The molecule has 0 radical (unpaired) electrons. The molecule has 0 bridgehead atoms. The lowest BCUT2D eigenvalue weighted by Crippen LogP contribution is -1.98. The second-order valence-electron chi connectivity index (χ2n) is 2.90. The van der Waals surface area contributed by atoms with Crippen LogP contribution in [0.2, 0.25) is 0 Å². The minimum atomic E-state index is -0.300. The lowest BCUT2D eigenvalue weighted by Gasteiger charge is -2.04. The molecule has 0 aromatic heterocycles. The number of carbonyl (C=O) groups excluding carboxylic acids is 1. The van der Waals surface area contributed by atoms with Gasteiger partial charge >= 0.3 is 5.97 Å². The second-order valence-corrected chi connectivity index (χ2v) is 2.90. The fourth-order valence-corrected chi connectivity index (χ4v) is 0.992. The predicted molar refractivity (Wildman–Crippen MR) is 48.3 cm³/mol. The van der Waals surface area contributed by atoms with Crippen molar-refractivity contribution in [2.75, 3.05) is 0 Å². The first-order chi connectivity index (χ1) is 6.09. The zero-order valence-electron chi connectivity index (χ0n) is 7.70. The number of esters is 1. The Balaban J connectivity index is 2.68. The predicted octanol–water partition coefficient (Wildman–Crippen LogP) is 1.76. The molecule has 70 valence electrons. The van der Waals surface area contributed by atoms with Gasteiger partial charge in [-0.25, -0.2) is 0 Å². The first-order valence-electron chi connectivity index (χ1n) is 4.01. The Bertz CT molecular complexity index is 318. The lowest BCUT2D eigenvalue weighted by molar-refractivity contribution is -0.142. The molecule has 0 amide bonds. The van der Waals surface area contributed by atoms with Crippen LogP contribution in [0.4, 0.5) is 0 Å². The Labute approximate surface area is 77.0 Å². The van der Waals surface area contributed by atoms with Gasteiger partial charge in [0.25, 0.3) is 0 Å². The summed E-state index contributed by atoms with van der Waals surface area (Å²) in [6.45, 7) is 3.43. The number of carbonyl (C=O) groups is 1. The molecular formula is C10H12O3. The summed E-state index contributed by atoms with van der Waals surface area (Å²) in [6.07, 6.45) is 0. The van der Waals surface area contributed by atoms with Gasteiger partial charge in [-0.1, -0.05) is 6.07 Å². The Hall–Kier alpha value is -1.51. The van der Waals surface area contributed by atoms with E-state index in [1.165, 1.54) is 6.92 Å². The molecule has 0 aliphatic rings. The average Bonchev–Trinajstić information content (AvgIpc) is 2.07. The quantitative estimate of drug-likeness (QED) is 0.705. The highest BCUT2D eigenvalue weighted by atomic mass is 16.5. The molecule has 3 nitrogen and oxygen atoms in total. The van der Waals surface area contributed by atoms with E-state index in [9.17, 15) is 9.90 Å². The number of rotatable bonds is 2. The number of benzene rings is 1. The summed E-state index contributed by atoms with van der Waals surface area (Å²) in [5.74, 6) is -0.0442. The maximum atomic E-state index is 10.5. The fraction of sp³-hybridized carbons (Fsp3) is 0.300. The van der Waals surface area contributed by atoms with Gasteiger partial charge in [-0.05, 0) is 30.2 Å². The van der Waals surface area contributed by atoms with E-state index in [1.54, 1.807) is 25.1 Å². The van der Waals surface area contributed by atoms with Crippen LogP contribution in [0.1, 0.15) is 18.1 Å². The van der Waals surface area contributed by atoms with Crippen LogP contribution in [0.25, 0.3) is 0 Å². The van der Waals surface area contributed by atoms with Gasteiger partial charge < -0.3 is 9.84 Å². The van der Waals surface area contributed by atoms with E-state index in [0.717, 1.165) is 11.1 Å². The van der Waals surface area contributed by atoms with Crippen LogP contribution in [0, 0.1) is 6.92 Å². The van der Waals surface area contributed by atoms with Gasteiger partial charge in [-0.2, -0.15) is 0 Å². The molecular weight excluding hydrogens is 168 g/mol. The maximum Gasteiger partial charge on any atom is 0.302 e. The van der Waals surface area contributed by atoms with Crippen LogP contribution >= 0.6 is 0 Å². The Morgan fingerprint density at radius 2 is 2.23 bits per heavy atom. The third-order valence-electron chi connectivity index (χ3n) is 1.70. The zero-order valence-corrected chi connectivity index (χ0v) is 7.70. The third kappa shape index (κ3) is 2.78. The van der Waals surface area contributed by atoms with Crippen molar-refractivity contribution < 1.29 is 14.6 Å². The molecule has 0 fully saturated rings. The molecule has 0 atom stereocenters. The van der Waals surface area contributed by atoms with E-state index in [0.29, 0.717) is 0 Å². The number of aryl methyl sites for hydroxylation is 1. The van der Waals surface area contributed by atoms with Crippen molar-refractivity contribution in [3.05, 3.63) is 29.3 Å². The summed E-state index contributed by atoms with van der Waals surface area (Å²) in [7, 11) is 0. The molecule has 3 heteroatoms. The zero-order chi connectivity index (χ0) is 9.84. The highest BCUT2D eigenvalue weighted by Gasteiger charge is 1.99. The molecule has 0 heterocycles. The fourth-order valence-electron chi connectivity index (χ4n) is 0.992. The van der Waals surface area contributed by atoms with Crippen LogP contribution in [0.5, 0.6) is 5.75 Å². The molecule has 0 aliphatic heterocycles. The smallest absolute Gasteiger partial charge is 0.302 e.